The van der Waals surface area contributed by atoms with Crippen LogP contribution in [0, 0.1) is 24.4 Å². The smallest absolute Gasteiger partial charge is 0.409 e. The predicted molar refractivity (Wildman–Crippen MR) is 42.9 cm³/mol. The number of carbonyl (C=O) groups excluding carboxylic acids is 1. The normalized spacial score (nSPS) is 10.1. The molecule has 6 heteroatoms. The SMILES string of the molecule is Cc1c(OC(=O)Cl)cc(F)c(F)c1F. The van der Waals surface area contributed by atoms with Crippen LogP contribution in [0.15, 0.2) is 6.07 Å². The van der Waals surface area contributed by atoms with E-state index in [-0.39, 0.29) is 5.56 Å². The minimum absolute atomic E-state index is 0.321. The molecule has 0 aliphatic carbocycles. The Morgan fingerprint density at radius 3 is 2.43 bits per heavy atom. The second kappa shape index (κ2) is 3.88. The van der Waals surface area contributed by atoms with Crippen LogP contribution >= 0.6 is 11.6 Å². The zero-order chi connectivity index (χ0) is 10.9. The highest BCUT2D eigenvalue weighted by atomic mass is 35.5. The Kier molecular flexibility index (Phi) is 3.00. The summed E-state index contributed by atoms with van der Waals surface area (Å²) in [6.07, 6.45) is 0. The zero-order valence-electron chi connectivity index (χ0n) is 6.91. The highest BCUT2D eigenvalue weighted by molar-refractivity contribution is 6.61. The van der Waals surface area contributed by atoms with Crippen molar-refractivity contribution in [1.82, 2.24) is 0 Å². The van der Waals surface area contributed by atoms with E-state index in [4.69, 9.17) is 11.6 Å². The highest BCUT2D eigenvalue weighted by Gasteiger charge is 2.17. The first-order valence-corrected chi connectivity index (χ1v) is 3.82. The van der Waals surface area contributed by atoms with Crippen molar-refractivity contribution in [2.75, 3.05) is 0 Å². The van der Waals surface area contributed by atoms with E-state index < -0.39 is 28.6 Å². The van der Waals surface area contributed by atoms with Crippen LogP contribution in [0.2, 0.25) is 0 Å². The third-order valence-corrected chi connectivity index (χ3v) is 1.63. The number of rotatable bonds is 1. The van der Waals surface area contributed by atoms with E-state index in [1.165, 1.54) is 0 Å². The maximum Gasteiger partial charge on any atom is 0.409 e. The first-order chi connectivity index (χ1) is 6.43. The number of halogens is 4. The molecule has 0 bridgehead atoms. The Morgan fingerprint density at radius 1 is 1.36 bits per heavy atom. The highest BCUT2D eigenvalue weighted by Crippen LogP contribution is 2.25. The first kappa shape index (κ1) is 10.8. The lowest BCUT2D eigenvalue weighted by molar-refractivity contribution is 0.224. The summed E-state index contributed by atoms with van der Waals surface area (Å²) in [6, 6.07) is 0.550. The molecule has 0 heterocycles. The lowest BCUT2D eigenvalue weighted by Gasteiger charge is -2.06. The van der Waals surface area contributed by atoms with Crippen molar-refractivity contribution in [3.05, 3.63) is 29.1 Å². The van der Waals surface area contributed by atoms with Gasteiger partial charge in [-0.25, -0.2) is 18.0 Å². The Balaban J connectivity index is 3.25. The Labute approximate surface area is 82.2 Å². The van der Waals surface area contributed by atoms with E-state index in [0.717, 1.165) is 6.92 Å². The van der Waals surface area contributed by atoms with Gasteiger partial charge in [0, 0.05) is 23.2 Å². The van der Waals surface area contributed by atoms with E-state index in [2.05, 4.69) is 4.74 Å². The van der Waals surface area contributed by atoms with Crippen LogP contribution in [0.4, 0.5) is 18.0 Å². The minimum atomic E-state index is -1.61. The van der Waals surface area contributed by atoms with Crippen LogP contribution in [-0.2, 0) is 0 Å². The van der Waals surface area contributed by atoms with Crippen molar-refractivity contribution in [1.29, 1.82) is 0 Å². The summed E-state index contributed by atoms with van der Waals surface area (Å²) in [6.45, 7) is 1.13. The van der Waals surface area contributed by atoms with Gasteiger partial charge in [0.15, 0.2) is 17.5 Å². The van der Waals surface area contributed by atoms with Gasteiger partial charge in [0.2, 0.25) is 0 Å². The molecule has 1 aromatic rings. The molecule has 0 aromatic heterocycles. The summed E-state index contributed by atoms with van der Waals surface area (Å²) in [4.78, 5) is 10.3. The summed E-state index contributed by atoms with van der Waals surface area (Å²) >= 11 is 4.83. The zero-order valence-corrected chi connectivity index (χ0v) is 7.66. The number of carbonyl (C=O) groups is 1. The van der Waals surface area contributed by atoms with Crippen molar-refractivity contribution in [3.63, 3.8) is 0 Å². The summed E-state index contributed by atoms with van der Waals surface area (Å²) in [7, 11) is 0. The third kappa shape index (κ3) is 1.98. The fourth-order valence-electron chi connectivity index (χ4n) is 0.857. The summed E-state index contributed by atoms with van der Waals surface area (Å²) in [5, 5.41) is 0. The molecule has 0 spiro atoms. The second-order valence-corrected chi connectivity index (χ2v) is 2.76. The van der Waals surface area contributed by atoms with Gasteiger partial charge >= 0.3 is 5.43 Å². The lowest BCUT2D eigenvalue weighted by atomic mass is 10.2. The molecule has 0 aliphatic rings. The fourth-order valence-corrected chi connectivity index (χ4v) is 0.940. The number of benzene rings is 1. The Bertz CT molecular complexity index is 393. The topological polar surface area (TPSA) is 26.3 Å². The van der Waals surface area contributed by atoms with E-state index in [1.807, 2.05) is 0 Å². The molecule has 0 fully saturated rings. The monoisotopic (exact) mass is 224 g/mol. The van der Waals surface area contributed by atoms with Crippen LogP contribution in [0.3, 0.4) is 0 Å². The summed E-state index contributed by atoms with van der Waals surface area (Å²) in [5.74, 6) is -4.91. The molecule has 14 heavy (non-hydrogen) atoms. The molecule has 1 rings (SSSR count). The molecule has 0 aliphatic heterocycles. The molecule has 1 aromatic carbocycles. The van der Waals surface area contributed by atoms with E-state index in [1.54, 1.807) is 0 Å². The third-order valence-electron chi connectivity index (χ3n) is 1.55. The molecule has 0 saturated carbocycles. The van der Waals surface area contributed by atoms with Gasteiger partial charge in [-0.3, -0.25) is 0 Å². The van der Waals surface area contributed by atoms with Gasteiger partial charge < -0.3 is 4.74 Å². The van der Waals surface area contributed by atoms with Gasteiger partial charge in [-0.1, -0.05) is 0 Å². The molecule has 0 atom stereocenters. The molecule has 0 amide bonds. The number of ether oxygens (including phenoxy) is 1. The molecule has 0 saturated heterocycles. The van der Waals surface area contributed by atoms with Gasteiger partial charge in [0.05, 0.1) is 0 Å². The van der Waals surface area contributed by atoms with Gasteiger partial charge in [-0.2, -0.15) is 0 Å². The lowest BCUT2D eigenvalue weighted by Crippen LogP contribution is -2.03. The molecule has 76 valence electrons. The molecule has 2 nitrogen and oxygen atoms in total. The average molecular weight is 225 g/mol. The van der Waals surface area contributed by atoms with Crippen LogP contribution in [0.5, 0.6) is 5.75 Å². The van der Waals surface area contributed by atoms with E-state index >= 15 is 0 Å². The summed E-state index contributed by atoms with van der Waals surface area (Å²) in [5.41, 5.74) is -1.57. The van der Waals surface area contributed by atoms with Crippen molar-refractivity contribution in [3.8, 4) is 5.75 Å². The summed E-state index contributed by atoms with van der Waals surface area (Å²) < 4.78 is 42.3. The number of hydrogen-bond acceptors (Lipinski definition) is 2. The van der Waals surface area contributed by atoms with Crippen molar-refractivity contribution < 1.29 is 22.7 Å². The quantitative estimate of drug-likeness (QED) is 0.541. The second-order valence-electron chi connectivity index (χ2n) is 2.45. The first-order valence-electron chi connectivity index (χ1n) is 3.45. The van der Waals surface area contributed by atoms with Crippen LogP contribution in [0.25, 0.3) is 0 Å². The molecule has 0 unspecified atom stereocenters. The van der Waals surface area contributed by atoms with Gasteiger partial charge in [0.25, 0.3) is 0 Å². The van der Waals surface area contributed by atoms with Gasteiger partial charge in [0.1, 0.15) is 5.75 Å². The molecular formula is C8H4ClF3O2. The van der Waals surface area contributed by atoms with Crippen molar-refractivity contribution in [2.24, 2.45) is 0 Å². The number of hydrogen-bond donors (Lipinski definition) is 0. The van der Waals surface area contributed by atoms with Gasteiger partial charge in [-0.15, -0.1) is 0 Å². The standard InChI is InChI=1S/C8H4ClF3O2/c1-3-5(14-8(9)13)2-4(10)7(12)6(3)11/h2H,1H3. The van der Waals surface area contributed by atoms with E-state index in [0.29, 0.717) is 6.07 Å². The van der Waals surface area contributed by atoms with Gasteiger partial charge in [-0.05, 0) is 6.92 Å². The predicted octanol–water partition coefficient (Wildman–Crippen LogP) is 3.15. The average Bonchev–Trinajstić information content (AvgIpc) is 2.10. The van der Waals surface area contributed by atoms with Crippen molar-refractivity contribution in [2.45, 2.75) is 6.92 Å². The Morgan fingerprint density at radius 2 is 1.93 bits per heavy atom. The largest absolute Gasteiger partial charge is 0.414 e. The van der Waals surface area contributed by atoms with Crippen LogP contribution in [-0.4, -0.2) is 5.43 Å². The minimum Gasteiger partial charge on any atom is -0.414 e. The molecular weight excluding hydrogens is 221 g/mol. The maximum atomic E-state index is 12.9. The van der Waals surface area contributed by atoms with Crippen LogP contribution in [0.1, 0.15) is 5.56 Å². The fraction of sp³-hybridized carbons (Fsp3) is 0.125. The maximum absolute atomic E-state index is 12.9. The van der Waals surface area contributed by atoms with E-state index in [9.17, 15) is 18.0 Å². The van der Waals surface area contributed by atoms with Crippen LogP contribution < -0.4 is 4.74 Å². The molecule has 0 N–H and O–H groups in total. The molecule has 0 radical (unpaired) electrons. The Hall–Kier alpha value is -1.23. The van der Waals surface area contributed by atoms with Crippen molar-refractivity contribution >= 4 is 17.0 Å².